The van der Waals surface area contributed by atoms with Crippen LogP contribution >= 0.6 is 11.6 Å². The number of hydrogen-bond donors (Lipinski definition) is 1. The smallest absolute Gasteiger partial charge is 0.343 e. The molecule has 8 aromatic carbocycles. The molecule has 0 spiro atoms. The largest absolute Gasteiger partial charge is 0.507 e. The van der Waals surface area contributed by atoms with Crippen LogP contribution in [0.2, 0.25) is 5.02 Å². The lowest BCUT2D eigenvalue weighted by Gasteiger charge is -2.28. The Labute approximate surface area is 456 Å². The van der Waals surface area contributed by atoms with E-state index in [9.17, 15) is 19.5 Å². The molecule has 0 amide bonds. The van der Waals surface area contributed by atoms with Crippen molar-refractivity contribution in [2.45, 2.75) is 104 Å². The van der Waals surface area contributed by atoms with Gasteiger partial charge in [0, 0.05) is 75.2 Å². The molecule has 390 valence electrons. The van der Waals surface area contributed by atoms with Crippen LogP contribution in [-0.4, -0.2) is 23.0 Å². The highest BCUT2D eigenvalue weighted by atomic mass is 35.5. The number of esters is 3. The van der Waals surface area contributed by atoms with Crippen molar-refractivity contribution in [3.05, 3.63) is 247 Å². The standard InChI is InChI=1S/C67H63ClN2O7/c1-65(2,3)52-33-46-29-44-39-57(70-69-56-27-25-55(68)26-28-56)40-45(58(44)71)30-47-34-53(66(4,5)6)36-49(60(47)76-63(73)42-21-15-11-16-22-42)32-51-38-54(67(7,8)9)37-50(61(51)77-64(74)43-23-17-12-18-24-43)31-48(35-52)59(46)75-62(72)41-19-13-10-14-20-41/h10-28,33-40,71H,29-32H2,1-9H3. The summed E-state index contributed by atoms with van der Waals surface area (Å²) < 4.78 is 20.0. The first kappa shape index (κ1) is 53.7. The lowest BCUT2D eigenvalue weighted by molar-refractivity contribution is 0.0722. The first-order chi connectivity index (χ1) is 36.6. The van der Waals surface area contributed by atoms with Gasteiger partial charge in [0.1, 0.15) is 23.0 Å². The summed E-state index contributed by atoms with van der Waals surface area (Å²) in [4.78, 5) is 43.4. The van der Waals surface area contributed by atoms with Crippen LogP contribution in [0.15, 0.2) is 174 Å². The molecule has 0 radical (unpaired) electrons. The fourth-order valence-electron chi connectivity index (χ4n) is 9.43. The van der Waals surface area contributed by atoms with Gasteiger partial charge in [0.05, 0.1) is 28.1 Å². The number of carbonyl (C=O) groups excluding carboxylic acids is 3. The summed E-state index contributed by atoms with van der Waals surface area (Å²) in [6, 6.07) is 49.5. The van der Waals surface area contributed by atoms with E-state index in [4.69, 9.17) is 30.9 Å². The molecule has 0 unspecified atom stereocenters. The topological polar surface area (TPSA) is 124 Å². The van der Waals surface area contributed by atoms with Crippen LogP contribution in [0, 0.1) is 0 Å². The van der Waals surface area contributed by atoms with Gasteiger partial charge in [0.15, 0.2) is 0 Å². The Morgan fingerprint density at radius 3 is 0.948 bits per heavy atom. The average Bonchev–Trinajstić information content (AvgIpc) is 3.40. The predicted octanol–water partition coefficient (Wildman–Crippen LogP) is 16.7. The van der Waals surface area contributed by atoms with Crippen molar-refractivity contribution >= 4 is 40.9 Å². The number of carbonyl (C=O) groups is 3. The zero-order valence-electron chi connectivity index (χ0n) is 45.1. The average molecular weight is 1040 g/mol. The van der Waals surface area contributed by atoms with Gasteiger partial charge in [-0.1, -0.05) is 165 Å². The molecule has 77 heavy (non-hydrogen) atoms. The Morgan fingerprint density at radius 1 is 0.390 bits per heavy atom. The number of phenols is 1. The minimum atomic E-state index is -0.563. The molecule has 1 aliphatic rings. The molecule has 0 fully saturated rings. The van der Waals surface area contributed by atoms with Crippen LogP contribution in [0.5, 0.6) is 23.0 Å². The Bertz CT molecular complexity index is 3380. The highest BCUT2D eigenvalue weighted by Crippen LogP contribution is 2.45. The highest BCUT2D eigenvalue weighted by molar-refractivity contribution is 6.30. The normalized spacial score (nSPS) is 12.8. The van der Waals surface area contributed by atoms with Crippen molar-refractivity contribution in [2.24, 2.45) is 10.2 Å². The van der Waals surface area contributed by atoms with Gasteiger partial charge in [0.2, 0.25) is 0 Å². The van der Waals surface area contributed by atoms with Crippen molar-refractivity contribution in [3.63, 3.8) is 0 Å². The lowest BCUT2D eigenvalue weighted by atomic mass is 9.80. The Balaban J connectivity index is 1.38. The van der Waals surface area contributed by atoms with Gasteiger partial charge >= 0.3 is 17.9 Å². The second kappa shape index (κ2) is 21.8. The first-order valence-corrected chi connectivity index (χ1v) is 26.3. The van der Waals surface area contributed by atoms with E-state index >= 15 is 0 Å². The van der Waals surface area contributed by atoms with E-state index < -0.39 is 34.2 Å². The number of nitrogens with zero attached hydrogens (tertiary/aromatic N) is 2. The Kier molecular flexibility index (Phi) is 15.2. The molecule has 9 rings (SSSR count). The third-order valence-corrected chi connectivity index (χ3v) is 14.1. The van der Waals surface area contributed by atoms with Gasteiger partial charge in [0.25, 0.3) is 0 Å². The minimum Gasteiger partial charge on any atom is -0.507 e. The molecule has 0 saturated heterocycles. The van der Waals surface area contributed by atoms with E-state index in [1.807, 2.05) is 30.3 Å². The maximum atomic E-state index is 14.6. The number of fused-ring (bicyclic) bond motifs is 8. The number of rotatable bonds is 8. The van der Waals surface area contributed by atoms with Crippen molar-refractivity contribution in [2.75, 3.05) is 0 Å². The first-order valence-electron chi connectivity index (χ1n) is 25.9. The van der Waals surface area contributed by atoms with Crippen LogP contribution in [0.4, 0.5) is 11.4 Å². The van der Waals surface area contributed by atoms with Gasteiger partial charge in [-0.2, -0.15) is 10.2 Å². The second-order valence-electron chi connectivity index (χ2n) is 22.9. The van der Waals surface area contributed by atoms with Crippen molar-refractivity contribution < 1.29 is 33.7 Å². The summed E-state index contributed by atoms with van der Waals surface area (Å²) >= 11 is 6.25. The van der Waals surface area contributed by atoms with Crippen LogP contribution in [0.1, 0.15) is 155 Å². The van der Waals surface area contributed by atoms with E-state index in [0.717, 1.165) is 16.7 Å². The quantitative estimate of drug-likeness (QED) is 0.0913. The van der Waals surface area contributed by atoms with Gasteiger partial charge in [-0.05, 0) is 106 Å². The maximum absolute atomic E-state index is 14.6. The molecule has 8 aromatic rings. The summed E-state index contributed by atoms with van der Waals surface area (Å²) in [6.45, 7) is 19.1. The number of ether oxygens (including phenoxy) is 3. The molecular weight excluding hydrogens is 980 g/mol. The molecule has 1 aliphatic carbocycles. The summed E-state index contributed by atoms with van der Waals surface area (Å²) in [5.41, 5.74) is 8.62. The van der Waals surface area contributed by atoms with Crippen molar-refractivity contribution in [1.29, 1.82) is 0 Å². The highest BCUT2D eigenvalue weighted by Gasteiger charge is 2.30. The van der Waals surface area contributed by atoms with Crippen LogP contribution in [0.3, 0.4) is 0 Å². The van der Waals surface area contributed by atoms with E-state index in [1.165, 1.54) is 0 Å². The van der Waals surface area contributed by atoms with Crippen molar-refractivity contribution in [3.8, 4) is 23.0 Å². The number of hydrogen-bond acceptors (Lipinski definition) is 9. The zero-order valence-corrected chi connectivity index (χ0v) is 45.8. The molecule has 0 atom stereocenters. The van der Waals surface area contributed by atoms with Gasteiger partial charge in [-0.3, -0.25) is 0 Å². The number of benzene rings is 8. The number of halogens is 1. The Morgan fingerprint density at radius 2 is 0.662 bits per heavy atom. The molecule has 8 bridgehead atoms. The molecule has 10 heteroatoms. The van der Waals surface area contributed by atoms with E-state index in [2.05, 4.69) is 91.7 Å². The molecule has 0 heterocycles. The third kappa shape index (κ3) is 12.6. The number of phenolic OH excluding ortho intramolecular Hbond substituents is 1. The summed E-state index contributed by atoms with van der Waals surface area (Å²) in [5, 5.41) is 22.7. The van der Waals surface area contributed by atoms with Gasteiger partial charge in [-0.25, -0.2) is 14.4 Å². The molecule has 0 aromatic heterocycles. The van der Waals surface area contributed by atoms with Crippen LogP contribution < -0.4 is 14.2 Å². The van der Waals surface area contributed by atoms with Gasteiger partial charge in [-0.15, -0.1) is 0 Å². The zero-order chi connectivity index (χ0) is 54.8. The maximum Gasteiger partial charge on any atom is 0.343 e. The van der Waals surface area contributed by atoms with Crippen LogP contribution in [-0.2, 0) is 41.9 Å². The SMILES string of the molecule is CC(C)(C)c1cc2c(OC(=O)c3ccccc3)c(c1)Cc1cc(C(C)(C)C)cc(c1OC(=O)c1ccccc1)Cc1cc(C(C)(C)C)cc(c1OC(=O)c1ccccc1)Cc1cc(N=Nc3ccc(Cl)cc3)cc(c1O)C2. The summed E-state index contributed by atoms with van der Waals surface area (Å²) in [6.07, 6.45) is 0.476. The van der Waals surface area contributed by atoms with E-state index in [1.54, 1.807) is 109 Å². The molecule has 0 aliphatic heterocycles. The third-order valence-electron chi connectivity index (χ3n) is 13.8. The molecule has 0 saturated carbocycles. The molecule has 9 nitrogen and oxygen atoms in total. The predicted molar refractivity (Wildman–Crippen MR) is 305 cm³/mol. The second-order valence-corrected chi connectivity index (χ2v) is 23.3. The van der Waals surface area contributed by atoms with E-state index in [-0.39, 0.29) is 31.4 Å². The van der Waals surface area contributed by atoms with Crippen molar-refractivity contribution in [1.82, 2.24) is 0 Å². The lowest BCUT2D eigenvalue weighted by Crippen LogP contribution is -2.19. The minimum absolute atomic E-state index is 0.0104. The molecule has 1 N–H and O–H groups in total. The number of azo groups is 1. The summed E-state index contributed by atoms with van der Waals surface area (Å²) in [7, 11) is 0. The number of aromatic hydroxyl groups is 1. The van der Waals surface area contributed by atoms with E-state index in [0.29, 0.717) is 94.8 Å². The van der Waals surface area contributed by atoms with Gasteiger partial charge < -0.3 is 19.3 Å². The Hall–Kier alpha value is -8.14. The fraction of sp³-hybridized carbons (Fsp3) is 0.239. The molecular formula is C67H63ClN2O7. The fourth-order valence-corrected chi connectivity index (χ4v) is 9.56. The summed E-state index contributed by atoms with van der Waals surface area (Å²) in [5.74, 6) is -0.729. The van der Waals surface area contributed by atoms with Crippen LogP contribution in [0.25, 0.3) is 0 Å². The monoisotopic (exact) mass is 1040 g/mol.